The fourth-order valence-corrected chi connectivity index (χ4v) is 4.29. The Labute approximate surface area is 163 Å². The molecule has 0 aromatic heterocycles. The molecule has 2 fully saturated rings. The lowest BCUT2D eigenvalue weighted by atomic mass is 9.96. The number of aliphatic hydroxyl groups excluding tert-OH is 2. The number of nitrogens with zero attached hydrogens (tertiary/aromatic N) is 1. The molecule has 0 saturated carbocycles. The summed E-state index contributed by atoms with van der Waals surface area (Å²) < 4.78 is 36.9. The normalized spacial score (nSPS) is 41.0. The summed E-state index contributed by atoms with van der Waals surface area (Å²) in [5, 5.41) is 23.5. The van der Waals surface area contributed by atoms with E-state index in [0.29, 0.717) is 0 Å². The second kappa shape index (κ2) is 10.6. The molecule has 2 aliphatic heterocycles. The maximum atomic E-state index is 10.7. The highest BCUT2D eigenvalue weighted by molar-refractivity contribution is 7.55. The minimum atomic E-state index is -3.90. The van der Waals surface area contributed by atoms with Crippen LogP contribution < -0.4 is 5.73 Å². The molecule has 0 aromatic rings. The lowest BCUT2D eigenvalue weighted by molar-refractivity contribution is -0.171. The molecule has 28 heavy (non-hydrogen) atoms. The van der Waals surface area contributed by atoms with E-state index in [2.05, 4.69) is 5.11 Å². The molecule has 2 rings (SSSR count). The van der Waals surface area contributed by atoms with E-state index in [9.17, 15) is 15.1 Å². The van der Waals surface area contributed by atoms with Crippen LogP contribution in [-0.4, -0.2) is 99.2 Å². The molecule has 5 unspecified atom stereocenters. The van der Waals surface area contributed by atoms with Crippen LogP contribution in [0, 0.1) is 11.4 Å². The molecule has 2 saturated heterocycles. The third-order valence-corrected chi connectivity index (χ3v) is 6.06. The molecule has 9 atom stereocenters. The van der Waals surface area contributed by atoms with Gasteiger partial charge in [-0.05, 0) is 0 Å². The van der Waals surface area contributed by atoms with Gasteiger partial charge in [-0.2, -0.15) is 19.1 Å². The summed E-state index contributed by atoms with van der Waals surface area (Å²) in [4.78, 5) is 10.7. The summed E-state index contributed by atoms with van der Waals surface area (Å²) >= 11 is 0. The monoisotopic (exact) mass is 430 g/mol. The number of nitrogens with two attached hydrogens (primary N) is 1. The maximum absolute atomic E-state index is 10.7. The van der Waals surface area contributed by atoms with E-state index in [0.717, 1.165) is 0 Å². The van der Waals surface area contributed by atoms with Gasteiger partial charge in [-0.3, -0.25) is 0 Å². The molecule has 0 aliphatic carbocycles. The zero-order valence-corrected chi connectivity index (χ0v) is 16.8. The van der Waals surface area contributed by atoms with Crippen LogP contribution >= 0.6 is 8.17 Å². The molecular weight excluding hydrogens is 401 g/mol. The SMILES string of the molecule is COC[C@H]1COC(N)[C@@H](O)C1O[P+](O)(OC)OC[C@H]1O[C@@H](N=N)C(O)C1OC. The molecule has 14 heteroatoms. The van der Waals surface area contributed by atoms with Crippen LogP contribution in [0.25, 0.3) is 0 Å². The van der Waals surface area contributed by atoms with Crippen LogP contribution in [0.4, 0.5) is 0 Å². The number of nitrogens with one attached hydrogen (secondary N) is 1. The van der Waals surface area contributed by atoms with Crippen molar-refractivity contribution in [2.45, 2.75) is 43.0 Å². The lowest BCUT2D eigenvalue weighted by Gasteiger charge is -2.37. The zero-order valence-electron chi connectivity index (χ0n) is 15.9. The Morgan fingerprint density at radius 2 is 1.89 bits per heavy atom. The van der Waals surface area contributed by atoms with Crippen molar-refractivity contribution in [2.75, 3.05) is 41.2 Å². The number of ether oxygens (including phenoxy) is 4. The van der Waals surface area contributed by atoms with Gasteiger partial charge in [0.25, 0.3) is 0 Å². The summed E-state index contributed by atoms with van der Waals surface area (Å²) in [6.07, 6.45) is -7.14. The molecule has 2 aliphatic rings. The van der Waals surface area contributed by atoms with Gasteiger partial charge >= 0.3 is 8.17 Å². The summed E-state index contributed by atoms with van der Waals surface area (Å²) in [6.45, 7) is 0.0609. The number of hydrogen-bond acceptors (Lipinski definition) is 13. The largest absolute Gasteiger partial charge is 0.572 e. The number of hydrogen-bond donors (Lipinski definition) is 5. The van der Waals surface area contributed by atoms with Gasteiger partial charge in [0.2, 0.25) is 0 Å². The molecule has 0 radical (unpaired) electrons. The summed E-state index contributed by atoms with van der Waals surface area (Å²) in [7, 11) is 0.124. The number of rotatable bonds is 10. The van der Waals surface area contributed by atoms with Gasteiger partial charge in [-0.25, -0.2) is 5.53 Å². The maximum Gasteiger partial charge on any atom is 0.572 e. The van der Waals surface area contributed by atoms with Crippen molar-refractivity contribution in [3.8, 4) is 0 Å². The van der Waals surface area contributed by atoms with Crippen molar-refractivity contribution in [3.63, 3.8) is 0 Å². The predicted molar refractivity (Wildman–Crippen MR) is 92.9 cm³/mol. The Morgan fingerprint density at radius 3 is 2.46 bits per heavy atom. The first-order valence-corrected chi connectivity index (χ1v) is 10.1. The van der Waals surface area contributed by atoms with Crippen LogP contribution in [0.3, 0.4) is 0 Å². The van der Waals surface area contributed by atoms with Crippen molar-refractivity contribution in [1.82, 2.24) is 0 Å². The van der Waals surface area contributed by atoms with Gasteiger partial charge in [-0.1, -0.05) is 0 Å². The molecule has 2 heterocycles. The third kappa shape index (κ3) is 5.39. The minimum Gasteiger partial charge on any atom is -0.386 e. The highest BCUT2D eigenvalue weighted by Gasteiger charge is 2.54. The first-order valence-electron chi connectivity index (χ1n) is 8.57. The third-order valence-electron chi connectivity index (χ3n) is 4.62. The van der Waals surface area contributed by atoms with E-state index >= 15 is 0 Å². The van der Waals surface area contributed by atoms with Gasteiger partial charge in [0.15, 0.2) is 6.23 Å². The van der Waals surface area contributed by atoms with Crippen molar-refractivity contribution < 1.29 is 47.6 Å². The van der Waals surface area contributed by atoms with E-state index in [1.807, 2.05) is 0 Å². The number of aliphatic hydroxyl groups is 2. The van der Waals surface area contributed by atoms with Crippen LogP contribution in [0.2, 0.25) is 0 Å². The molecule has 164 valence electrons. The molecular formula is C14H29N3O10P+. The lowest BCUT2D eigenvalue weighted by Crippen LogP contribution is -2.55. The van der Waals surface area contributed by atoms with Crippen molar-refractivity contribution in [2.24, 2.45) is 16.8 Å². The molecule has 0 bridgehead atoms. The fraction of sp³-hybridized carbons (Fsp3) is 1.00. The van der Waals surface area contributed by atoms with Crippen molar-refractivity contribution in [3.05, 3.63) is 0 Å². The molecule has 0 aromatic carbocycles. The standard InChI is InChI=1S/C14H29N3O10P/c1-21-4-7-5-24-13(15)9(18)11(7)27-28(20,23-3)25-6-8-12(22-2)10(19)14(17-16)26-8/h7-14,16,18-20H,4-6,15H2,1-3H3/q+1/t7-,8+,9-,10?,11?,12?,13?,14+,28?/m0/s1. The second-order valence-electron chi connectivity index (χ2n) is 6.41. The first kappa shape index (κ1) is 23.9. The Bertz CT molecular complexity index is 508. The quantitative estimate of drug-likeness (QED) is 0.206. The van der Waals surface area contributed by atoms with E-state index in [1.54, 1.807) is 0 Å². The summed E-state index contributed by atoms with van der Waals surface area (Å²) in [5.74, 6) is -0.423. The van der Waals surface area contributed by atoms with Crippen LogP contribution in [-0.2, 0) is 32.5 Å². The smallest absolute Gasteiger partial charge is 0.386 e. The predicted octanol–water partition coefficient (Wildman–Crippen LogP) is -1.23. The zero-order chi connectivity index (χ0) is 20.9. The fourth-order valence-electron chi connectivity index (χ4n) is 3.10. The Morgan fingerprint density at radius 1 is 1.18 bits per heavy atom. The second-order valence-corrected chi connectivity index (χ2v) is 8.18. The average Bonchev–Trinajstić information content (AvgIpc) is 3.00. The van der Waals surface area contributed by atoms with Crippen LogP contribution in [0.15, 0.2) is 5.11 Å². The van der Waals surface area contributed by atoms with E-state index in [1.165, 1.54) is 21.3 Å². The van der Waals surface area contributed by atoms with Crippen LogP contribution in [0.1, 0.15) is 0 Å². The van der Waals surface area contributed by atoms with E-state index < -0.39 is 57.1 Å². The van der Waals surface area contributed by atoms with Gasteiger partial charge in [-0.15, -0.1) is 4.52 Å². The van der Waals surface area contributed by atoms with E-state index in [4.69, 9.17) is 43.8 Å². The topological polar surface area (TPSA) is 188 Å². The van der Waals surface area contributed by atoms with Gasteiger partial charge in [0.1, 0.15) is 43.4 Å². The first-order chi connectivity index (χ1) is 13.3. The van der Waals surface area contributed by atoms with Gasteiger partial charge in [0, 0.05) is 20.1 Å². The van der Waals surface area contributed by atoms with Gasteiger partial charge in [0.05, 0.1) is 20.3 Å². The molecule has 0 amide bonds. The minimum absolute atomic E-state index is 0.150. The van der Waals surface area contributed by atoms with Crippen LogP contribution in [0.5, 0.6) is 0 Å². The summed E-state index contributed by atoms with van der Waals surface area (Å²) in [5.41, 5.74) is 12.7. The number of methoxy groups -OCH3 is 2. The van der Waals surface area contributed by atoms with E-state index in [-0.39, 0.29) is 19.8 Å². The Kier molecular flexibility index (Phi) is 9.01. The molecule has 6 N–H and O–H groups in total. The molecule has 13 nitrogen and oxygen atoms in total. The highest BCUT2D eigenvalue weighted by Crippen LogP contribution is 2.59. The van der Waals surface area contributed by atoms with Gasteiger partial charge < -0.3 is 34.9 Å². The van der Waals surface area contributed by atoms with Crippen molar-refractivity contribution in [1.29, 1.82) is 5.53 Å². The Balaban J connectivity index is 2.04. The summed E-state index contributed by atoms with van der Waals surface area (Å²) in [6, 6.07) is 0. The molecule has 0 spiro atoms. The Hall–Kier alpha value is -0.410. The van der Waals surface area contributed by atoms with Crippen molar-refractivity contribution >= 4 is 8.17 Å². The highest BCUT2D eigenvalue weighted by atomic mass is 31.2. The average molecular weight is 430 g/mol.